The summed E-state index contributed by atoms with van der Waals surface area (Å²) in [6.07, 6.45) is 0.436. The molecule has 0 bridgehead atoms. The fourth-order valence-corrected chi connectivity index (χ4v) is 1.61. The van der Waals surface area contributed by atoms with E-state index in [-0.39, 0.29) is 0 Å². The lowest BCUT2D eigenvalue weighted by atomic mass is 10.1. The molecule has 78 valence electrons. The molecule has 1 saturated heterocycles. The van der Waals surface area contributed by atoms with Gasteiger partial charge in [-0.25, -0.2) is 0 Å². The van der Waals surface area contributed by atoms with Gasteiger partial charge in [-0.05, 0) is 13.0 Å². The quantitative estimate of drug-likeness (QED) is 0.694. The van der Waals surface area contributed by atoms with E-state index in [1.54, 1.807) is 0 Å². The van der Waals surface area contributed by atoms with Crippen molar-refractivity contribution >= 4 is 0 Å². The number of nitrogens with zero attached hydrogens (tertiary/aromatic N) is 1. The predicted octanol–water partition coefficient (Wildman–Crippen LogP) is 0.563. The van der Waals surface area contributed by atoms with Gasteiger partial charge in [0.1, 0.15) is 0 Å². The number of rotatable bonds is 4. The molecule has 0 aromatic carbocycles. The van der Waals surface area contributed by atoms with Crippen LogP contribution in [0.3, 0.4) is 0 Å². The molecule has 1 N–H and O–H groups in total. The summed E-state index contributed by atoms with van der Waals surface area (Å²) < 4.78 is 5.69. The molecule has 1 aliphatic rings. The smallest absolute Gasteiger partial charge is 0.0725 e. The SMILES string of the molecule is CNCCN1CCO[C@H](C(C)C)C1. The molecule has 0 aromatic heterocycles. The van der Waals surface area contributed by atoms with Crippen LogP contribution in [-0.2, 0) is 4.74 Å². The van der Waals surface area contributed by atoms with E-state index < -0.39 is 0 Å². The Morgan fingerprint density at radius 2 is 2.31 bits per heavy atom. The third-order valence-corrected chi connectivity index (χ3v) is 2.60. The van der Waals surface area contributed by atoms with E-state index in [1.165, 1.54) is 0 Å². The molecule has 0 aromatic rings. The lowest BCUT2D eigenvalue weighted by molar-refractivity contribution is -0.0497. The van der Waals surface area contributed by atoms with Gasteiger partial charge < -0.3 is 10.1 Å². The molecule has 1 rings (SSSR count). The van der Waals surface area contributed by atoms with Crippen LogP contribution < -0.4 is 5.32 Å². The average Bonchev–Trinajstić information content (AvgIpc) is 2.15. The molecule has 0 aliphatic carbocycles. The second-order valence-corrected chi connectivity index (χ2v) is 4.06. The maximum absolute atomic E-state index is 5.69. The Bertz CT molecular complexity index is 139. The topological polar surface area (TPSA) is 24.5 Å². The van der Waals surface area contributed by atoms with Crippen LogP contribution in [0.4, 0.5) is 0 Å². The maximum atomic E-state index is 5.69. The van der Waals surface area contributed by atoms with Gasteiger partial charge in [-0.1, -0.05) is 13.8 Å². The first-order valence-corrected chi connectivity index (χ1v) is 5.22. The van der Waals surface area contributed by atoms with Gasteiger partial charge in [0.2, 0.25) is 0 Å². The van der Waals surface area contributed by atoms with Gasteiger partial charge in [0.25, 0.3) is 0 Å². The summed E-state index contributed by atoms with van der Waals surface area (Å²) in [6.45, 7) is 9.75. The highest BCUT2D eigenvalue weighted by Gasteiger charge is 2.22. The highest BCUT2D eigenvalue weighted by Crippen LogP contribution is 2.12. The van der Waals surface area contributed by atoms with Gasteiger partial charge in [0.05, 0.1) is 12.7 Å². The molecule has 3 heteroatoms. The summed E-state index contributed by atoms with van der Waals surface area (Å²) in [5.41, 5.74) is 0. The summed E-state index contributed by atoms with van der Waals surface area (Å²) >= 11 is 0. The first-order valence-electron chi connectivity index (χ1n) is 5.22. The maximum Gasteiger partial charge on any atom is 0.0725 e. The van der Waals surface area contributed by atoms with E-state index >= 15 is 0 Å². The van der Waals surface area contributed by atoms with Crippen molar-refractivity contribution < 1.29 is 4.74 Å². The van der Waals surface area contributed by atoms with Crippen molar-refractivity contribution in [3.63, 3.8) is 0 Å². The molecule has 1 atom stereocenters. The molecule has 1 fully saturated rings. The largest absolute Gasteiger partial charge is 0.375 e. The molecule has 3 nitrogen and oxygen atoms in total. The molecule has 1 heterocycles. The van der Waals surface area contributed by atoms with Gasteiger partial charge in [0, 0.05) is 26.2 Å². The van der Waals surface area contributed by atoms with Crippen molar-refractivity contribution in [1.82, 2.24) is 10.2 Å². The van der Waals surface area contributed by atoms with Gasteiger partial charge in [0.15, 0.2) is 0 Å². The molecule has 1 aliphatic heterocycles. The minimum Gasteiger partial charge on any atom is -0.375 e. The number of hydrogen-bond donors (Lipinski definition) is 1. The number of morpholine rings is 1. The fraction of sp³-hybridized carbons (Fsp3) is 1.00. The van der Waals surface area contributed by atoms with Crippen molar-refractivity contribution in [3.8, 4) is 0 Å². The first-order chi connectivity index (χ1) is 6.24. The minimum atomic E-state index is 0.436. The van der Waals surface area contributed by atoms with E-state index in [4.69, 9.17) is 4.74 Å². The second-order valence-electron chi connectivity index (χ2n) is 4.06. The van der Waals surface area contributed by atoms with Crippen LogP contribution in [-0.4, -0.2) is 50.8 Å². The zero-order valence-electron chi connectivity index (χ0n) is 9.05. The lowest BCUT2D eigenvalue weighted by Crippen LogP contribution is -2.46. The van der Waals surface area contributed by atoms with E-state index in [1.807, 2.05) is 7.05 Å². The van der Waals surface area contributed by atoms with E-state index in [9.17, 15) is 0 Å². The number of hydrogen-bond acceptors (Lipinski definition) is 3. The van der Waals surface area contributed by atoms with Crippen molar-refractivity contribution in [2.45, 2.75) is 20.0 Å². The second kappa shape index (κ2) is 5.58. The van der Waals surface area contributed by atoms with Gasteiger partial charge in [-0.3, -0.25) is 4.90 Å². The Morgan fingerprint density at radius 3 is 2.92 bits per heavy atom. The van der Waals surface area contributed by atoms with Crippen LogP contribution in [0.25, 0.3) is 0 Å². The summed E-state index contributed by atoms with van der Waals surface area (Å²) in [7, 11) is 2.00. The van der Waals surface area contributed by atoms with E-state index in [0.717, 1.165) is 32.8 Å². The van der Waals surface area contributed by atoms with Crippen LogP contribution in [0.5, 0.6) is 0 Å². The Morgan fingerprint density at radius 1 is 1.54 bits per heavy atom. The molecular formula is C10H22N2O. The third-order valence-electron chi connectivity index (χ3n) is 2.60. The van der Waals surface area contributed by atoms with Crippen LogP contribution >= 0.6 is 0 Å². The number of nitrogens with one attached hydrogen (secondary N) is 1. The van der Waals surface area contributed by atoms with E-state index in [0.29, 0.717) is 12.0 Å². The standard InChI is InChI=1S/C10H22N2O/c1-9(2)10-8-12(5-4-11-3)6-7-13-10/h9-11H,4-8H2,1-3H3/t10-/m0/s1. The van der Waals surface area contributed by atoms with Crippen molar-refractivity contribution in [2.24, 2.45) is 5.92 Å². The zero-order chi connectivity index (χ0) is 9.68. The molecule has 13 heavy (non-hydrogen) atoms. The third kappa shape index (κ3) is 3.63. The summed E-state index contributed by atoms with van der Waals surface area (Å²) in [5.74, 6) is 0.636. The lowest BCUT2D eigenvalue weighted by Gasteiger charge is -2.34. The highest BCUT2D eigenvalue weighted by atomic mass is 16.5. The number of ether oxygens (including phenoxy) is 1. The highest BCUT2D eigenvalue weighted by molar-refractivity contribution is 4.73. The summed E-state index contributed by atoms with van der Waals surface area (Å²) in [6, 6.07) is 0. The monoisotopic (exact) mass is 186 g/mol. The van der Waals surface area contributed by atoms with Crippen LogP contribution in [0.2, 0.25) is 0 Å². The van der Waals surface area contributed by atoms with E-state index in [2.05, 4.69) is 24.1 Å². The van der Waals surface area contributed by atoms with Crippen LogP contribution in [0.1, 0.15) is 13.8 Å². The molecule has 0 unspecified atom stereocenters. The van der Waals surface area contributed by atoms with Gasteiger partial charge in [-0.2, -0.15) is 0 Å². The van der Waals surface area contributed by atoms with Gasteiger partial charge >= 0.3 is 0 Å². The Kier molecular flexibility index (Phi) is 4.70. The molecule has 0 spiro atoms. The molecular weight excluding hydrogens is 164 g/mol. The molecule has 0 saturated carbocycles. The zero-order valence-corrected chi connectivity index (χ0v) is 9.05. The summed E-state index contributed by atoms with van der Waals surface area (Å²) in [5, 5.41) is 3.18. The first kappa shape index (κ1) is 11.0. The average molecular weight is 186 g/mol. The van der Waals surface area contributed by atoms with Crippen molar-refractivity contribution in [3.05, 3.63) is 0 Å². The Hall–Kier alpha value is -0.120. The van der Waals surface area contributed by atoms with Crippen LogP contribution in [0.15, 0.2) is 0 Å². The van der Waals surface area contributed by atoms with Crippen LogP contribution in [0, 0.1) is 5.92 Å². The number of likely N-dealkylation sites (N-methyl/N-ethyl adjacent to an activating group) is 1. The van der Waals surface area contributed by atoms with Crippen molar-refractivity contribution in [1.29, 1.82) is 0 Å². The van der Waals surface area contributed by atoms with Gasteiger partial charge in [-0.15, -0.1) is 0 Å². The Balaban J connectivity index is 2.25. The molecule has 0 radical (unpaired) electrons. The molecule has 0 amide bonds. The predicted molar refractivity (Wildman–Crippen MR) is 54.9 cm³/mol. The summed E-state index contributed by atoms with van der Waals surface area (Å²) in [4.78, 5) is 2.48. The normalized spacial score (nSPS) is 25.4. The minimum absolute atomic E-state index is 0.436. The Labute approximate surface area is 81.4 Å². The van der Waals surface area contributed by atoms with Crippen molar-refractivity contribution in [2.75, 3.05) is 39.8 Å². The fourth-order valence-electron chi connectivity index (χ4n) is 1.61.